The van der Waals surface area contributed by atoms with Gasteiger partial charge in [0, 0.05) is 49.8 Å². The van der Waals surface area contributed by atoms with Crippen LogP contribution in [0.25, 0.3) is 11.4 Å². The molecule has 0 amide bonds. The van der Waals surface area contributed by atoms with Crippen LogP contribution >= 0.6 is 0 Å². The van der Waals surface area contributed by atoms with Crippen molar-refractivity contribution in [2.45, 2.75) is 39.4 Å². The summed E-state index contributed by atoms with van der Waals surface area (Å²) < 4.78 is 13.4. The smallest absolute Gasteiger partial charge is 0.212 e. The lowest BCUT2D eigenvalue weighted by Crippen LogP contribution is -2.45. The van der Waals surface area contributed by atoms with Crippen molar-refractivity contribution in [2.24, 2.45) is 23.2 Å². The molecule has 1 aromatic carbocycles. The zero-order valence-corrected chi connectivity index (χ0v) is 21.3. The Hall–Kier alpha value is -3.50. The van der Waals surface area contributed by atoms with Crippen molar-refractivity contribution >= 4 is 17.7 Å². The summed E-state index contributed by atoms with van der Waals surface area (Å²) in [6.45, 7) is 9.09. The minimum atomic E-state index is -1.23. The summed E-state index contributed by atoms with van der Waals surface area (Å²) in [5.74, 6) is 0.920. The van der Waals surface area contributed by atoms with E-state index in [2.05, 4.69) is 27.8 Å². The van der Waals surface area contributed by atoms with E-state index in [9.17, 15) is 0 Å². The quantitative estimate of drug-likeness (QED) is 0.460. The molecule has 190 valence electrons. The number of pyridine rings is 1. The second-order valence-corrected chi connectivity index (χ2v) is 9.91. The van der Waals surface area contributed by atoms with E-state index in [0.717, 1.165) is 72.3 Å². The summed E-state index contributed by atoms with van der Waals surface area (Å²) >= 11 is 0. The molecule has 0 saturated carbocycles. The molecule has 5 rings (SSSR count). The lowest BCUT2D eigenvalue weighted by Gasteiger charge is -2.36. The van der Waals surface area contributed by atoms with Crippen LogP contribution < -0.4 is 21.1 Å². The Morgan fingerprint density at radius 2 is 2.06 bits per heavy atom. The molecule has 1 fully saturated rings. The lowest BCUT2D eigenvalue weighted by atomic mass is 9.82. The van der Waals surface area contributed by atoms with Gasteiger partial charge in [-0.25, -0.2) is 9.98 Å². The summed E-state index contributed by atoms with van der Waals surface area (Å²) in [7, 11) is 1.90. The SMILES string of the molecule is CCOc1cc(-c2nncn2C)ccc1C1(N)N=Cc2cc(C)nc(NCC3(C)CCOCC3)c2N1. The number of aryl methyl sites for hydroxylation is 2. The Morgan fingerprint density at radius 3 is 2.78 bits per heavy atom. The number of rotatable bonds is 7. The Bertz CT molecular complexity index is 1280. The first-order valence-electron chi connectivity index (χ1n) is 12.4. The van der Waals surface area contributed by atoms with E-state index in [0.29, 0.717) is 12.4 Å². The average Bonchev–Trinajstić information content (AvgIpc) is 3.29. The van der Waals surface area contributed by atoms with Crippen molar-refractivity contribution in [1.29, 1.82) is 0 Å². The molecule has 10 heteroatoms. The summed E-state index contributed by atoms with van der Waals surface area (Å²) in [6, 6.07) is 7.83. The van der Waals surface area contributed by atoms with Gasteiger partial charge in [-0.15, -0.1) is 10.2 Å². The van der Waals surface area contributed by atoms with Crippen LogP contribution in [0, 0.1) is 12.3 Å². The zero-order valence-electron chi connectivity index (χ0n) is 21.3. The Balaban J connectivity index is 1.48. The fourth-order valence-electron chi connectivity index (χ4n) is 4.72. The first kappa shape index (κ1) is 24.2. The van der Waals surface area contributed by atoms with Crippen LogP contribution in [0.1, 0.15) is 43.5 Å². The predicted molar refractivity (Wildman–Crippen MR) is 140 cm³/mol. The standard InChI is InChI=1S/C26H34N8O2/c1-5-36-21-13-18(24-33-30-16-34(24)4)6-7-20(21)26(27)29-14-19-12-17(2)31-23(22(19)32-26)28-15-25(3)8-10-35-11-9-25/h6-7,12-14,16,32H,5,8-11,15,27H2,1-4H3,(H,28,31). The van der Waals surface area contributed by atoms with Crippen molar-refractivity contribution in [3.8, 4) is 17.1 Å². The largest absolute Gasteiger partial charge is 0.493 e. The van der Waals surface area contributed by atoms with Crippen LogP contribution in [0.3, 0.4) is 0 Å². The van der Waals surface area contributed by atoms with Gasteiger partial charge in [-0.3, -0.25) is 5.73 Å². The maximum Gasteiger partial charge on any atom is 0.212 e. The van der Waals surface area contributed by atoms with E-state index >= 15 is 0 Å². The van der Waals surface area contributed by atoms with Gasteiger partial charge >= 0.3 is 0 Å². The van der Waals surface area contributed by atoms with Crippen LogP contribution in [0.5, 0.6) is 5.75 Å². The number of hydrogen-bond acceptors (Lipinski definition) is 9. The van der Waals surface area contributed by atoms with E-state index in [4.69, 9.17) is 25.2 Å². The fraction of sp³-hybridized carbons (Fsp3) is 0.462. The number of hydrogen-bond donors (Lipinski definition) is 3. The molecule has 4 heterocycles. The van der Waals surface area contributed by atoms with Crippen molar-refractivity contribution in [1.82, 2.24) is 19.7 Å². The van der Waals surface area contributed by atoms with E-state index < -0.39 is 5.79 Å². The average molecular weight is 491 g/mol. The number of aliphatic imine (C=N–C) groups is 1. The van der Waals surface area contributed by atoms with Gasteiger partial charge in [0.15, 0.2) is 11.6 Å². The molecule has 2 aliphatic rings. The summed E-state index contributed by atoms with van der Waals surface area (Å²) in [4.78, 5) is 9.53. The molecule has 36 heavy (non-hydrogen) atoms. The van der Waals surface area contributed by atoms with E-state index in [1.165, 1.54) is 0 Å². The Morgan fingerprint density at radius 1 is 1.25 bits per heavy atom. The van der Waals surface area contributed by atoms with Gasteiger partial charge in [0.1, 0.15) is 12.1 Å². The van der Waals surface area contributed by atoms with Gasteiger partial charge in [-0.05, 0) is 50.3 Å². The highest BCUT2D eigenvalue weighted by Crippen LogP contribution is 2.39. The lowest BCUT2D eigenvalue weighted by molar-refractivity contribution is 0.0300. The molecule has 1 atom stereocenters. The van der Waals surface area contributed by atoms with Crippen LogP contribution in [-0.2, 0) is 17.6 Å². The maximum atomic E-state index is 6.90. The van der Waals surface area contributed by atoms with Crippen molar-refractivity contribution < 1.29 is 9.47 Å². The molecule has 0 bridgehead atoms. The molecule has 1 unspecified atom stereocenters. The monoisotopic (exact) mass is 490 g/mol. The van der Waals surface area contributed by atoms with Crippen LogP contribution in [0.15, 0.2) is 35.6 Å². The van der Waals surface area contributed by atoms with Gasteiger partial charge in [0.25, 0.3) is 0 Å². The van der Waals surface area contributed by atoms with E-state index in [1.807, 2.05) is 55.9 Å². The number of aromatic nitrogens is 4. The highest BCUT2D eigenvalue weighted by atomic mass is 16.5. The molecule has 1 saturated heterocycles. The molecule has 3 aromatic rings. The van der Waals surface area contributed by atoms with Crippen molar-refractivity contribution in [2.75, 3.05) is 37.0 Å². The van der Waals surface area contributed by atoms with Gasteiger partial charge in [-0.2, -0.15) is 0 Å². The van der Waals surface area contributed by atoms with Gasteiger partial charge in [-0.1, -0.05) is 13.0 Å². The van der Waals surface area contributed by atoms with Gasteiger partial charge in [0.2, 0.25) is 5.79 Å². The molecule has 2 aromatic heterocycles. The number of ether oxygens (including phenoxy) is 2. The maximum absolute atomic E-state index is 6.90. The highest BCUT2D eigenvalue weighted by Gasteiger charge is 2.35. The van der Waals surface area contributed by atoms with Crippen molar-refractivity contribution in [3.05, 3.63) is 47.4 Å². The Kier molecular flexibility index (Phi) is 6.40. The first-order valence-corrected chi connectivity index (χ1v) is 12.4. The molecule has 10 nitrogen and oxygen atoms in total. The topological polar surface area (TPSA) is 125 Å². The number of benzene rings is 1. The second kappa shape index (κ2) is 9.51. The summed E-state index contributed by atoms with van der Waals surface area (Å²) in [5, 5.41) is 15.3. The number of nitrogens with one attached hydrogen (secondary N) is 2. The first-order chi connectivity index (χ1) is 17.3. The van der Waals surface area contributed by atoms with Crippen LogP contribution in [-0.4, -0.2) is 52.3 Å². The molecule has 0 spiro atoms. The minimum absolute atomic E-state index is 0.150. The molecule has 0 radical (unpaired) electrons. The molecule has 2 aliphatic heterocycles. The number of fused-ring (bicyclic) bond motifs is 1. The van der Waals surface area contributed by atoms with Gasteiger partial charge in [0.05, 0.1) is 17.9 Å². The van der Waals surface area contributed by atoms with E-state index in [-0.39, 0.29) is 5.41 Å². The number of anilines is 2. The normalized spacial score (nSPS) is 20.5. The fourth-order valence-corrected chi connectivity index (χ4v) is 4.72. The Labute approximate surface area is 211 Å². The summed E-state index contributed by atoms with van der Waals surface area (Å²) in [5.41, 5.74) is 11.3. The van der Waals surface area contributed by atoms with Crippen molar-refractivity contribution in [3.63, 3.8) is 0 Å². The predicted octanol–water partition coefficient (Wildman–Crippen LogP) is 3.43. The van der Waals surface area contributed by atoms with E-state index in [1.54, 1.807) is 6.33 Å². The minimum Gasteiger partial charge on any atom is -0.493 e. The highest BCUT2D eigenvalue weighted by molar-refractivity contribution is 5.94. The number of nitrogens with two attached hydrogens (primary N) is 1. The summed E-state index contributed by atoms with van der Waals surface area (Å²) in [6.07, 6.45) is 5.51. The molecular formula is C26H34N8O2. The third-order valence-electron chi connectivity index (χ3n) is 6.95. The third-order valence-corrected chi connectivity index (χ3v) is 6.95. The molecular weight excluding hydrogens is 456 g/mol. The number of nitrogens with zero attached hydrogens (tertiary/aromatic N) is 5. The zero-order chi connectivity index (χ0) is 25.3. The third kappa shape index (κ3) is 4.66. The van der Waals surface area contributed by atoms with Crippen LogP contribution in [0.2, 0.25) is 0 Å². The molecule has 0 aliphatic carbocycles. The molecule has 4 N–H and O–H groups in total. The van der Waals surface area contributed by atoms with Crippen LogP contribution in [0.4, 0.5) is 11.5 Å². The second-order valence-electron chi connectivity index (χ2n) is 9.91. The van der Waals surface area contributed by atoms with Gasteiger partial charge < -0.3 is 24.7 Å².